The lowest BCUT2D eigenvalue weighted by molar-refractivity contribution is -0.894. The normalized spacial score (nSPS) is 11.3. The molecule has 0 saturated heterocycles. The summed E-state index contributed by atoms with van der Waals surface area (Å²) in [6, 6.07) is 14.9. The van der Waals surface area contributed by atoms with Gasteiger partial charge in [0.05, 0.1) is 26.2 Å². The van der Waals surface area contributed by atoms with Crippen LogP contribution in [-0.4, -0.2) is 36.4 Å². The maximum absolute atomic E-state index is 4.57. The highest BCUT2D eigenvalue weighted by molar-refractivity contribution is 6.00. The number of quaternary nitrogens is 1. The summed E-state index contributed by atoms with van der Waals surface area (Å²) in [6.45, 7) is 13.0. The molecule has 0 aliphatic heterocycles. The summed E-state index contributed by atoms with van der Waals surface area (Å²) in [4.78, 5) is 1.58. The van der Waals surface area contributed by atoms with Crippen molar-refractivity contribution in [3.05, 3.63) is 53.6 Å². The number of likely N-dealkylation sites (N-methyl/N-ethyl adjacent to an activating group) is 1. The first-order valence-corrected chi connectivity index (χ1v) is 9.54. The molecule has 0 fully saturated rings. The van der Waals surface area contributed by atoms with E-state index in [1.807, 2.05) is 0 Å². The highest BCUT2D eigenvalue weighted by Crippen LogP contribution is 2.30. The predicted octanol–water partition coefficient (Wildman–Crippen LogP) is 3.25. The van der Waals surface area contributed by atoms with Gasteiger partial charge in [0.2, 0.25) is 0 Å². The molecular weight excluding hydrogens is 320 g/mol. The number of rotatable bonds is 7. The highest BCUT2D eigenvalue weighted by Gasteiger charge is 2.12. The molecule has 3 rings (SSSR count). The van der Waals surface area contributed by atoms with Gasteiger partial charge in [-0.15, -0.1) is 10.2 Å². The molecule has 3 aromatic rings. The van der Waals surface area contributed by atoms with Crippen molar-refractivity contribution < 1.29 is 4.90 Å². The zero-order valence-corrected chi connectivity index (χ0v) is 16.3. The summed E-state index contributed by atoms with van der Waals surface area (Å²) in [7, 11) is 0. The van der Waals surface area contributed by atoms with E-state index in [4.69, 9.17) is 0 Å². The summed E-state index contributed by atoms with van der Waals surface area (Å²) in [5, 5.41) is 14.8. The van der Waals surface area contributed by atoms with Gasteiger partial charge < -0.3 is 10.2 Å². The van der Waals surface area contributed by atoms with Crippen molar-refractivity contribution in [2.45, 2.75) is 27.7 Å². The molecule has 1 aromatic heterocycles. The first-order valence-electron chi connectivity index (χ1n) is 9.54. The minimum absolute atomic E-state index is 0.875. The first-order chi connectivity index (χ1) is 12.6. The number of benzene rings is 2. The number of nitrogens with one attached hydrogen (secondary N) is 2. The van der Waals surface area contributed by atoms with Gasteiger partial charge in [-0.3, -0.25) is 0 Å². The van der Waals surface area contributed by atoms with Gasteiger partial charge in [0.25, 0.3) is 0 Å². The van der Waals surface area contributed by atoms with Gasteiger partial charge in [0.15, 0.2) is 5.82 Å². The minimum atomic E-state index is 0.875. The topological polar surface area (TPSA) is 42.2 Å². The fraction of sp³-hybridized carbons (Fsp3) is 0.364. The maximum Gasteiger partial charge on any atom is 0.156 e. The van der Waals surface area contributed by atoms with Crippen molar-refractivity contribution in [2.75, 3.05) is 31.5 Å². The summed E-state index contributed by atoms with van der Waals surface area (Å²) < 4.78 is 0. The first kappa shape index (κ1) is 18.3. The van der Waals surface area contributed by atoms with E-state index in [1.165, 1.54) is 11.1 Å². The van der Waals surface area contributed by atoms with Crippen LogP contribution in [0.25, 0.3) is 22.0 Å². The van der Waals surface area contributed by atoms with Crippen molar-refractivity contribution >= 4 is 16.6 Å². The molecule has 0 bridgehead atoms. The Hall–Kier alpha value is -2.46. The molecule has 2 N–H and O–H groups in total. The number of hydrogen-bond acceptors (Lipinski definition) is 3. The molecule has 0 amide bonds. The summed E-state index contributed by atoms with van der Waals surface area (Å²) in [5.41, 5.74) is 4.64. The van der Waals surface area contributed by atoms with Crippen molar-refractivity contribution in [1.82, 2.24) is 10.2 Å². The van der Waals surface area contributed by atoms with Gasteiger partial charge in [-0.1, -0.05) is 36.4 Å². The molecule has 26 heavy (non-hydrogen) atoms. The van der Waals surface area contributed by atoms with Crippen molar-refractivity contribution in [3.8, 4) is 11.3 Å². The SMILES string of the molecule is CC[NH+](CC)CCNc1nnc(-c2ccc(C)c(C)c2)c2ccccc12. The van der Waals surface area contributed by atoms with E-state index in [9.17, 15) is 0 Å². The summed E-state index contributed by atoms with van der Waals surface area (Å²) >= 11 is 0. The molecule has 4 heteroatoms. The molecule has 0 unspecified atom stereocenters. The number of nitrogens with zero attached hydrogens (tertiary/aromatic N) is 2. The Morgan fingerprint density at radius 3 is 2.31 bits per heavy atom. The molecule has 0 aliphatic rings. The average Bonchev–Trinajstić information content (AvgIpc) is 2.67. The van der Waals surface area contributed by atoms with E-state index in [0.717, 1.165) is 54.0 Å². The molecule has 0 spiro atoms. The number of anilines is 1. The van der Waals surface area contributed by atoms with E-state index in [-0.39, 0.29) is 0 Å². The predicted molar refractivity (Wildman–Crippen MR) is 110 cm³/mol. The molecule has 2 aromatic carbocycles. The van der Waals surface area contributed by atoms with Crippen LogP contribution in [0.2, 0.25) is 0 Å². The average molecular weight is 350 g/mol. The van der Waals surface area contributed by atoms with Crippen molar-refractivity contribution in [2.24, 2.45) is 0 Å². The Labute approximate surface area is 156 Å². The van der Waals surface area contributed by atoms with Crippen molar-refractivity contribution in [1.29, 1.82) is 0 Å². The Balaban J connectivity index is 1.93. The largest absolute Gasteiger partial charge is 0.362 e. The zero-order valence-electron chi connectivity index (χ0n) is 16.3. The fourth-order valence-corrected chi connectivity index (χ4v) is 3.30. The van der Waals surface area contributed by atoms with Gasteiger partial charge in [0.1, 0.15) is 5.69 Å². The van der Waals surface area contributed by atoms with E-state index in [0.29, 0.717) is 0 Å². The molecule has 4 nitrogen and oxygen atoms in total. The number of hydrogen-bond donors (Lipinski definition) is 2. The second kappa shape index (κ2) is 8.28. The lowest BCUT2D eigenvalue weighted by Crippen LogP contribution is -3.12. The van der Waals surface area contributed by atoms with Gasteiger partial charge >= 0.3 is 0 Å². The molecule has 136 valence electrons. The number of aromatic nitrogens is 2. The van der Waals surface area contributed by atoms with Gasteiger partial charge in [-0.25, -0.2) is 0 Å². The third-order valence-electron chi connectivity index (χ3n) is 5.24. The minimum Gasteiger partial charge on any atom is -0.362 e. The lowest BCUT2D eigenvalue weighted by Gasteiger charge is -2.16. The van der Waals surface area contributed by atoms with Crippen LogP contribution in [0.15, 0.2) is 42.5 Å². The molecular formula is C22H29N4+. The van der Waals surface area contributed by atoms with Crippen LogP contribution in [0, 0.1) is 13.8 Å². The van der Waals surface area contributed by atoms with Gasteiger partial charge in [-0.05, 0) is 44.9 Å². The van der Waals surface area contributed by atoms with E-state index in [1.54, 1.807) is 4.90 Å². The second-order valence-corrected chi connectivity index (χ2v) is 6.88. The maximum atomic E-state index is 4.57. The Bertz CT molecular complexity index is 884. The number of fused-ring (bicyclic) bond motifs is 1. The third-order valence-corrected chi connectivity index (χ3v) is 5.24. The summed E-state index contributed by atoms with van der Waals surface area (Å²) in [6.07, 6.45) is 0. The Morgan fingerprint density at radius 2 is 1.62 bits per heavy atom. The third kappa shape index (κ3) is 3.86. The van der Waals surface area contributed by atoms with E-state index < -0.39 is 0 Å². The number of aryl methyl sites for hydroxylation is 2. The van der Waals surface area contributed by atoms with Crippen LogP contribution in [-0.2, 0) is 0 Å². The van der Waals surface area contributed by atoms with E-state index >= 15 is 0 Å². The molecule has 1 heterocycles. The monoisotopic (exact) mass is 349 g/mol. The summed E-state index contributed by atoms with van der Waals surface area (Å²) in [5.74, 6) is 0.875. The zero-order chi connectivity index (χ0) is 18.5. The van der Waals surface area contributed by atoms with Crippen LogP contribution in [0.3, 0.4) is 0 Å². The Kier molecular flexibility index (Phi) is 5.84. The molecule has 0 aliphatic carbocycles. The second-order valence-electron chi connectivity index (χ2n) is 6.88. The Morgan fingerprint density at radius 1 is 0.885 bits per heavy atom. The lowest BCUT2D eigenvalue weighted by atomic mass is 10.0. The molecule has 0 atom stereocenters. The van der Waals surface area contributed by atoms with Crippen LogP contribution in [0.4, 0.5) is 5.82 Å². The smallest absolute Gasteiger partial charge is 0.156 e. The van der Waals surface area contributed by atoms with Crippen molar-refractivity contribution in [3.63, 3.8) is 0 Å². The van der Waals surface area contributed by atoms with E-state index in [2.05, 4.69) is 85.7 Å². The van der Waals surface area contributed by atoms with Gasteiger partial charge in [-0.2, -0.15) is 0 Å². The van der Waals surface area contributed by atoms with Gasteiger partial charge in [0, 0.05) is 16.3 Å². The molecule has 0 radical (unpaired) electrons. The van der Waals surface area contributed by atoms with Crippen LogP contribution < -0.4 is 10.2 Å². The molecule has 0 saturated carbocycles. The van der Waals surface area contributed by atoms with Crippen LogP contribution in [0.5, 0.6) is 0 Å². The quantitative estimate of drug-likeness (QED) is 0.688. The highest BCUT2D eigenvalue weighted by atomic mass is 15.2. The van der Waals surface area contributed by atoms with Crippen LogP contribution >= 0.6 is 0 Å². The standard InChI is InChI=1S/C22H28N4/c1-5-26(6-2)14-13-23-22-20-10-8-7-9-19(20)21(24-25-22)18-12-11-16(3)17(4)15-18/h7-12,15H,5-6,13-14H2,1-4H3,(H,23,25)/p+1. The fourth-order valence-electron chi connectivity index (χ4n) is 3.30. The van der Waals surface area contributed by atoms with Crippen LogP contribution in [0.1, 0.15) is 25.0 Å².